The van der Waals surface area contributed by atoms with Crippen LogP contribution in [-0.2, 0) is 0 Å². The lowest BCUT2D eigenvalue weighted by Gasteiger charge is -2.34. The van der Waals surface area contributed by atoms with Crippen LogP contribution < -0.4 is 9.64 Å². The summed E-state index contributed by atoms with van der Waals surface area (Å²) in [6.45, 7) is 4.13. The molecule has 29 heavy (non-hydrogen) atoms. The number of aromatic nitrogens is 2. The molecule has 0 spiro atoms. The maximum atomic E-state index is 5.60. The number of benzene rings is 2. The number of anilines is 1. The fraction of sp³-hybridized carbons (Fsp3) is 0.417. The van der Waals surface area contributed by atoms with Gasteiger partial charge in [-0.2, -0.15) is 0 Å². The number of nitrogens with zero attached hydrogens (tertiary/aromatic N) is 3. The highest BCUT2D eigenvalue weighted by atomic mass is 79.9. The lowest BCUT2D eigenvalue weighted by molar-refractivity contribution is 0.397. The zero-order chi connectivity index (χ0) is 20.0. The van der Waals surface area contributed by atoms with Crippen LogP contribution in [-0.4, -0.2) is 30.2 Å². The first-order chi connectivity index (χ1) is 14.1. The number of aryl methyl sites for hydroxylation is 1. The number of hydrogen-bond donors (Lipinski definition) is 0. The van der Waals surface area contributed by atoms with Gasteiger partial charge in [0.25, 0.3) is 0 Å². The predicted octanol–water partition coefficient (Wildman–Crippen LogP) is 5.97. The summed E-state index contributed by atoms with van der Waals surface area (Å²) in [5.74, 6) is 4.23. The molecule has 0 atom stereocenters. The van der Waals surface area contributed by atoms with E-state index >= 15 is 0 Å². The predicted molar refractivity (Wildman–Crippen MR) is 121 cm³/mol. The molecule has 1 aromatic heterocycles. The summed E-state index contributed by atoms with van der Waals surface area (Å²) in [7, 11) is 1.76. The number of para-hydroxylation sites is 1. The van der Waals surface area contributed by atoms with E-state index in [0.717, 1.165) is 58.7 Å². The summed E-state index contributed by atoms with van der Waals surface area (Å²) in [5.41, 5.74) is 3.63. The number of rotatable bonds is 4. The summed E-state index contributed by atoms with van der Waals surface area (Å²) in [6.07, 6.45) is 4.65. The topological polar surface area (TPSA) is 38.2 Å². The number of methoxy groups -OCH3 is 1. The van der Waals surface area contributed by atoms with Crippen molar-refractivity contribution in [2.24, 2.45) is 0 Å². The van der Waals surface area contributed by atoms with Crippen molar-refractivity contribution in [1.29, 1.82) is 0 Å². The van der Waals surface area contributed by atoms with Crippen LogP contribution in [0.3, 0.4) is 0 Å². The Kier molecular flexibility index (Phi) is 4.94. The Morgan fingerprint density at radius 1 is 1.00 bits per heavy atom. The lowest BCUT2D eigenvalue weighted by Crippen LogP contribution is -2.34. The smallest absolute Gasteiger partial charge is 0.140 e. The van der Waals surface area contributed by atoms with Crippen molar-refractivity contribution in [3.8, 4) is 5.75 Å². The van der Waals surface area contributed by atoms with Crippen molar-refractivity contribution in [2.75, 3.05) is 25.1 Å². The lowest BCUT2D eigenvalue weighted by atomic mass is 9.88. The Bertz CT molecular complexity index is 1060. The Morgan fingerprint density at radius 2 is 1.76 bits per heavy atom. The van der Waals surface area contributed by atoms with Gasteiger partial charge in [-0.3, -0.25) is 0 Å². The number of fused-ring (bicyclic) bond motifs is 1. The van der Waals surface area contributed by atoms with E-state index in [0.29, 0.717) is 11.8 Å². The van der Waals surface area contributed by atoms with Gasteiger partial charge >= 0.3 is 0 Å². The zero-order valence-corrected chi connectivity index (χ0v) is 18.6. The molecule has 2 fully saturated rings. The molecule has 0 radical (unpaired) electrons. The molecule has 2 aliphatic rings. The Morgan fingerprint density at radius 3 is 2.48 bits per heavy atom. The third-order valence-electron chi connectivity index (χ3n) is 6.29. The highest BCUT2D eigenvalue weighted by Crippen LogP contribution is 2.41. The number of piperidine rings is 1. The van der Waals surface area contributed by atoms with E-state index in [9.17, 15) is 0 Å². The molecule has 0 N–H and O–H groups in total. The second-order valence-electron chi connectivity index (χ2n) is 8.30. The molecular weight excluding hydrogens is 426 g/mol. The van der Waals surface area contributed by atoms with Crippen molar-refractivity contribution in [3.63, 3.8) is 0 Å². The average Bonchev–Trinajstić information content (AvgIpc) is 3.59. The molecule has 4 nitrogen and oxygen atoms in total. The van der Waals surface area contributed by atoms with E-state index in [2.05, 4.69) is 58.1 Å². The highest BCUT2D eigenvalue weighted by Gasteiger charge is 2.30. The van der Waals surface area contributed by atoms with Gasteiger partial charge in [0.15, 0.2) is 0 Å². The molecule has 2 aromatic carbocycles. The first-order valence-corrected chi connectivity index (χ1v) is 11.3. The van der Waals surface area contributed by atoms with Crippen LogP contribution in [0.5, 0.6) is 5.75 Å². The van der Waals surface area contributed by atoms with Crippen LogP contribution in [0.25, 0.3) is 10.9 Å². The molecule has 150 valence electrons. The second-order valence-corrected chi connectivity index (χ2v) is 9.16. The van der Waals surface area contributed by atoms with Gasteiger partial charge in [-0.25, -0.2) is 9.97 Å². The van der Waals surface area contributed by atoms with Gasteiger partial charge in [-0.05, 0) is 67.9 Å². The molecule has 0 unspecified atom stereocenters. The van der Waals surface area contributed by atoms with Crippen LogP contribution in [0.1, 0.15) is 54.5 Å². The molecule has 1 saturated carbocycles. The van der Waals surface area contributed by atoms with E-state index in [1.165, 1.54) is 24.0 Å². The third kappa shape index (κ3) is 3.61. The minimum atomic E-state index is 0.535. The zero-order valence-electron chi connectivity index (χ0n) is 17.0. The molecule has 0 bridgehead atoms. The first kappa shape index (κ1) is 18.9. The molecular formula is C24H26BrN3O. The fourth-order valence-corrected chi connectivity index (χ4v) is 4.77. The molecule has 1 saturated heterocycles. The monoisotopic (exact) mass is 451 g/mol. The maximum Gasteiger partial charge on any atom is 0.140 e. The highest BCUT2D eigenvalue weighted by molar-refractivity contribution is 9.10. The molecule has 5 rings (SSSR count). The second kappa shape index (κ2) is 7.60. The maximum absolute atomic E-state index is 5.60. The van der Waals surface area contributed by atoms with Crippen molar-refractivity contribution in [3.05, 3.63) is 57.8 Å². The third-order valence-corrected chi connectivity index (χ3v) is 7.14. The summed E-state index contributed by atoms with van der Waals surface area (Å²) in [6, 6.07) is 12.8. The van der Waals surface area contributed by atoms with Gasteiger partial charge in [0.2, 0.25) is 0 Å². The van der Waals surface area contributed by atoms with Crippen molar-refractivity contribution >= 4 is 32.7 Å². The van der Waals surface area contributed by atoms with Gasteiger partial charge < -0.3 is 9.64 Å². The molecule has 3 aromatic rings. The Labute approximate surface area is 180 Å². The Hall–Kier alpha value is -2.14. The molecule has 2 heterocycles. The van der Waals surface area contributed by atoms with E-state index in [1.54, 1.807) is 7.11 Å². The number of halogens is 1. The van der Waals surface area contributed by atoms with Gasteiger partial charge in [0, 0.05) is 28.9 Å². The molecule has 0 amide bonds. The standard InChI is InChI=1S/C24H26BrN3O/c1-15-13-21-19(14-20(15)25)24(27-23(26-21)17-7-8-17)28-11-9-16(10-12-28)18-5-3-4-6-22(18)29-2/h3-6,13-14,16-17H,7-12H2,1-2H3. The van der Waals surface area contributed by atoms with E-state index < -0.39 is 0 Å². The van der Waals surface area contributed by atoms with E-state index in [-0.39, 0.29) is 0 Å². The minimum absolute atomic E-state index is 0.535. The van der Waals surface area contributed by atoms with Crippen LogP contribution in [0.15, 0.2) is 40.9 Å². The first-order valence-electron chi connectivity index (χ1n) is 10.5. The Balaban J connectivity index is 1.46. The van der Waals surface area contributed by atoms with Crippen LogP contribution >= 0.6 is 15.9 Å². The van der Waals surface area contributed by atoms with E-state index in [1.807, 2.05) is 6.07 Å². The summed E-state index contributed by atoms with van der Waals surface area (Å²) >= 11 is 3.70. The molecule has 5 heteroatoms. The summed E-state index contributed by atoms with van der Waals surface area (Å²) in [5, 5.41) is 1.16. The van der Waals surface area contributed by atoms with Gasteiger partial charge in [-0.15, -0.1) is 0 Å². The van der Waals surface area contributed by atoms with Crippen molar-refractivity contribution in [2.45, 2.75) is 44.4 Å². The van der Waals surface area contributed by atoms with Crippen LogP contribution in [0, 0.1) is 6.92 Å². The van der Waals surface area contributed by atoms with Gasteiger partial charge in [-0.1, -0.05) is 34.1 Å². The number of ether oxygens (including phenoxy) is 1. The van der Waals surface area contributed by atoms with Gasteiger partial charge in [0.05, 0.1) is 12.6 Å². The quantitative estimate of drug-likeness (QED) is 0.489. The molecule has 1 aliphatic carbocycles. The van der Waals surface area contributed by atoms with Gasteiger partial charge in [0.1, 0.15) is 17.4 Å². The summed E-state index contributed by atoms with van der Waals surface area (Å²) < 4.78 is 6.72. The van der Waals surface area contributed by atoms with Crippen LogP contribution in [0.4, 0.5) is 5.82 Å². The van der Waals surface area contributed by atoms with E-state index in [4.69, 9.17) is 14.7 Å². The average molecular weight is 452 g/mol. The minimum Gasteiger partial charge on any atom is -0.496 e. The number of hydrogen-bond acceptors (Lipinski definition) is 4. The fourth-order valence-electron chi connectivity index (χ4n) is 4.43. The van der Waals surface area contributed by atoms with Crippen LogP contribution in [0.2, 0.25) is 0 Å². The molecule has 1 aliphatic heterocycles. The largest absolute Gasteiger partial charge is 0.496 e. The van der Waals surface area contributed by atoms with Crippen molar-refractivity contribution in [1.82, 2.24) is 9.97 Å². The summed E-state index contributed by atoms with van der Waals surface area (Å²) in [4.78, 5) is 12.4. The SMILES string of the molecule is COc1ccccc1C1CCN(c2nc(C3CC3)nc3cc(C)c(Br)cc23)CC1. The van der Waals surface area contributed by atoms with Crippen molar-refractivity contribution < 1.29 is 4.74 Å². The normalized spacial score (nSPS) is 17.7.